The van der Waals surface area contributed by atoms with Gasteiger partial charge in [0.2, 0.25) is 5.95 Å². The van der Waals surface area contributed by atoms with Crippen LogP contribution in [0.25, 0.3) is 10.9 Å². The zero-order valence-electron chi connectivity index (χ0n) is 13.1. The largest absolute Gasteiger partial charge is 1.00 e. The van der Waals surface area contributed by atoms with Crippen molar-refractivity contribution >= 4 is 22.7 Å². The predicted octanol–water partition coefficient (Wildman–Crippen LogP) is -0.683. The minimum Gasteiger partial charge on any atom is -1.00 e. The molecule has 2 heterocycles. The maximum atomic E-state index is 5.42. The van der Waals surface area contributed by atoms with E-state index in [1.165, 1.54) is 0 Å². The summed E-state index contributed by atoms with van der Waals surface area (Å²) in [5.74, 6) is 1.85. The third-order valence-electron chi connectivity index (χ3n) is 3.93. The van der Waals surface area contributed by atoms with Crippen LogP contribution in [0.1, 0.15) is 13.8 Å². The second-order valence-corrected chi connectivity index (χ2v) is 5.14. The summed E-state index contributed by atoms with van der Waals surface area (Å²) in [4.78, 5) is 14.1. The molecule has 22 heavy (non-hydrogen) atoms. The Morgan fingerprint density at radius 2 is 1.77 bits per heavy atom. The normalized spacial score (nSPS) is 14.7. The molecule has 0 aliphatic carbocycles. The summed E-state index contributed by atoms with van der Waals surface area (Å²) in [5.41, 5.74) is 1.01. The molecule has 1 aromatic carbocycles. The van der Waals surface area contributed by atoms with E-state index < -0.39 is 0 Å². The minimum atomic E-state index is 0. The lowest BCUT2D eigenvalue weighted by molar-refractivity contribution is -0.00000519. The average Bonchev–Trinajstić information content (AvgIpc) is 2.56. The Kier molecular flexibility index (Phi) is 5.80. The van der Waals surface area contributed by atoms with E-state index in [9.17, 15) is 0 Å². The summed E-state index contributed by atoms with van der Waals surface area (Å²) in [7, 11) is 0. The van der Waals surface area contributed by atoms with Crippen molar-refractivity contribution in [2.45, 2.75) is 13.8 Å². The molecule has 1 saturated heterocycles. The highest BCUT2D eigenvalue weighted by Crippen LogP contribution is 2.26. The molecule has 0 radical (unpaired) electrons. The number of anilines is 2. The number of morpholine rings is 1. The quantitative estimate of drug-likeness (QED) is 0.746. The van der Waals surface area contributed by atoms with Crippen LogP contribution in [0.3, 0.4) is 0 Å². The second-order valence-electron chi connectivity index (χ2n) is 5.14. The zero-order valence-corrected chi connectivity index (χ0v) is 13.9. The molecular weight excluding hydrogens is 300 g/mol. The third-order valence-corrected chi connectivity index (χ3v) is 3.93. The number of hydrogen-bond donors (Lipinski definition) is 0. The number of ether oxygens (including phenoxy) is 1. The van der Waals surface area contributed by atoms with Crippen molar-refractivity contribution in [2.24, 2.45) is 0 Å². The average molecular weight is 322 g/mol. The summed E-state index contributed by atoms with van der Waals surface area (Å²) >= 11 is 0. The Morgan fingerprint density at radius 3 is 2.45 bits per heavy atom. The van der Waals surface area contributed by atoms with Gasteiger partial charge in [0.1, 0.15) is 5.82 Å². The van der Waals surface area contributed by atoms with Gasteiger partial charge in [0.25, 0.3) is 0 Å². The lowest BCUT2D eigenvalue weighted by atomic mass is 10.2. The summed E-state index contributed by atoms with van der Waals surface area (Å²) in [5, 5.41) is 1.12. The van der Waals surface area contributed by atoms with Crippen molar-refractivity contribution in [3.63, 3.8) is 0 Å². The molecule has 0 amide bonds. The molecule has 0 bridgehead atoms. The van der Waals surface area contributed by atoms with E-state index in [1.54, 1.807) is 0 Å². The lowest BCUT2D eigenvalue weighted by Crippen LogP contribution is -3.00. The highest BCUT2D eigenvalue weighted by molar-refractivity contribution is 5.90. The molecule has 3 rings (SSSR count). The monoisotopic (exact) mass is 321 g/mol. The second kappa shape index (κ2) is 7.61. The van der Waals surface area contributed by atoms with Crippen LogP contribution in [0.5, 0.6) is 0 Å². The molecule has 1 aliphatic heterocycles. The molecule has 1 aliphatic rings. The molecule has 120 valence electrons. The predicted molar refractivity (Wildman–Crippen MR) is 86.1 cm³/mol. The van der Waals surface area contributed by atoms with E-state index in [4.69, 9.17) is 14.7 Å². The molecule has 0 saturated carbocycles. The highest BCUT2D eigenvalue weighted by Gasteiger charge is 2.18. The van der Waals surface area contributed by atoms with Crippen LogP contribution in [-0.4, -0.2) is 49.4 Å². The van der Waals surface area contributed by atoms with Gasteiger partial charge in [-0.05, 0) is 26.0 Å². The Bertz CT molecular complexity index is 612. The van der Waals surface area contributed by atoms with Gasteiger partial charge in [-0.25, -0.2) is 4.98 Å². The topological polar surface area (TPSA) is 41.5 Å². The van der Waals surface area contributed by atoms with Gasteiger partial charge < -0.3 is 26.9 Å². The van der Waals surface area contributed by atoms with Crippen LogP contribution in [0.15, 0.2) is 24.3 Å². The third kappa shape index (κ3) is 3.25. The first-order valence-electron chi connectivity index (χ1n) is 7.68. The van der Waals surface area contributed by atoms with E-state index >= 15 is 0 Å². The fourth-order valence-electron chi connectivity index (χ4n) is 2.72. The smallest absolute Gasteiger partial charge is 0.228 e. The number of rotatable bonds is 4. The first-order valence-corrected chi connectivity index (χ1v) is 7.68. The summed E-state index contributed by atoms with van der Waals surface area (Å²) in [6.07, 6.45) is 0. The number of aromatic nitrogens is 2. The van der Waals surface area contributed by atoms with Crippen LogP contribution in [0.2, 0.25) is 0 Å². The highest BCUT2D eigenvalue weighted by atomic mass is 35.5. The number of nitrogens with zero attached hydrogens (tertiary/aromatic N) is 4. The number of hydrogen-bond acceptors (Lipinski definition) is 5. The van der Waals surface area contributed by atoms with Crippen molar-refractivity contribution in [2.75, 3.05) is 49.2 Å². The molecule has 1 aromatic heterocycles. The van der Waals surface area contributed by atoms with Gasteiger partial charge in [0.15, 0.2) is 0 Å². The van der Waals surface area contributed by atoms with Gasteiger partial charge in [0.05, 0.1) is 18.7 Å². The first kappa shape index (κ1) is 16.8. The van der Waals surface area contributed by atoms with E-state index in [0.29, 0.717) is 0 Å². The van der Waals surface area contributed by atoms with E-state index in [2.05, 4.69) is 35.8 Å². The molecule has 1 fully saturated rings. The van der Waals surface area contributed by atoms with Gasteiger partial charge in [0, 0.05) is 31.6 Å². The van der Waals surface area contributed by atoms with Crippen LogP contribution < -0.4 is 22.2 Å². The van der Waals surface area contributed by atoms with Crippen molar-refractivity contribution in [3.05, 3.63) is 24.3 Å². The molecule has 5 nitrogen and oxygen atoms in total. The van der Waals surface area contributed by atoms with Gasteiger partial charge in [-0.3, -0.25) is 0 Å². The SMILES string of the molecule is CCN(CC)c1nc(N2CCOCC2)nc2ccccc12.[Cl-]. The summed E-state index contributed by atoms with van der Waals surface area (Å²) in [6.45, 7) is 9.42. The fourth-order valence-corrected chi connectivity index (χ4v) is 2.72. The Labute approximate surface area is 137 Å². The standard InChI is InChI=1S/C16H22N4O.ClH/c1-3-19(4-2)15-13-7-5-6-8-14(13)17-16(18-15)20-9-11-21-12-10-20;/h5-8H,3-4,9-12H2,1-2H3;1H/p-1. The molecule has 6 heteroatoms. The molecular formula is C16H22ClN4O-. The van der Waals surface area contributed by atoms with Crippen LogP contribution >= 0.6 is 0 Å². The Balaban J connectivity index is 0.00000176. The minimum absolute atomic E-state index is 0. The molecule has 0 unspecified atom stereocenters. The van der Waals surface area contributed by atoms with Crippen molar-refractivity contribution in [1.29, 1.82) is 0 Å². The van der Waals surface area contributed by atoms with Crippen LogP contribution in [0, 0.1) is 0 Å². The first-order chi connectivity index (χ1) is 10.3. The van der Waals surface area contributed by atoms with Crippen molar-refractivity contribution < 1.29 is 17.1 Å². The van der Waals surface area contributed by atoms with Gasteiger partial charge in [-0.1, -0.05) is 12.1 Å². The van der Waals surface area contributed by atoms with Gasteiger partial charge in [-0.2, -0.15) is 4.98 Å². The maximum absolute atomic E-state index is 5.42. The van der Waals surface area contributed by atoms with Crippen molar-refractivity contribution in [3.8, 4) is 0 Å². The fraction of sp³-hybridized carbons (Fsp3) is 0.500. The molecule has 0 atom stereocenters. The number of para-hydroxylation sites is 1. The van der Waals surface area contributed by atoms with Crippen LogP contribution in [-0.2, 0) is 4.74 Å². The molecule has 0 spiro atoms. The van der Waals surface area contributed by atoms with Gasteiger partial charge >= 0.3 is 0 Å². The summed E-state index contributed by atoms with van der Waals surface area (Å²) in [6, 6.07) is 8.25. The van der Waals surface area contributed by atoms with E-state index in [-0.39, 0.29) is 12.4 Å². The Hall–Kier alpha value is -1.59. The zero-order chi connectivity index (χ0) is 14.7. The lowest BCUT2D eigenvalue weighted by Gasteiger charge is -2.29. The number of benzene rings is 1. The Morgan fingerprint density at radius 1 is 1.09 bits per heavy atom. The number of halogens is 1. The molecule has 2 aromatic rings. The van der Waals surface area contributed by atoms with E-state index in [0.717, 1.165) is 62.1 Å². The maximum Gasteiger partial charge on any atom is 0.228 e. The van der Waals surface area contributed by atoms with Crippen molar-refractivity contribution in [1.82, 2.24) is 9.97 Å². The van der Waals surface area contributed by atoms with Crippen LogP contribution in [0.4, 0.5) is 11.8 Å². The number of fused-ring (bicyclic) bond motifs is 1. The van der Waals surface area contributed by atoms with E-state index in [1.807, 2.05) is 12.1 Å². The summed E-state index contributed by atoms with van der Waals surface area (Å²) < 4.78 is 5.42. The molecule has 0 N–H and O–H groups in total. The van der Waals surface area contributed by atoms with Gasteiger partial charge in [-0.15, -0.1) is 0 Å².